The van der Waals surface area contributed by atoms with E-state index in [9.17, 15) is 9.59 Å². The molecule has 1 aromatic heterocycles. The highest BCUT2D eigenvalue weighted by atomic mass is 16.2. The predicted molar refractivity (Wildman–Crippen MR) is 113 cm³/mol. The number of rotatable bonds is 3. The Kier molecular flexibility index (Phi) is 3.88. The number of aryl methyl sites for hydroxylation is 1. The van der Waals surface area contributed by atoms with E-state index >= 15 is 0 Å². The molecule has 0 atom stereocenters. The average molecular weight is 379 g/mol. The Bertz CT molecular complexity index is 1270. The molecule has 1 aliphatic rings. The van der Waals surface area contributed by atoms with Crippen LogP contribution in [0.5, 0.6) is 0 Å². The Labute approximate surface area is 167 Å². The van der Waals surface area contributed by atoms with Crippen LogP contribution in [0, 0.1) is 0 Å². The third-order valence-corrected chi connectivity index (χ3v) is 5.27. The van der Waals surface area contributed by atoms with E-state index in [4.69, 9.17) is 0 Å². The molecule has 140 valence electrons. The molecule has 5 rings (SSSR count). The van der Waals surface area contributed by atoms with Gasteiger partial charge in [-0.25, -0.2) is 0 Å². The number of carbonyl (C=O) groups excluding carboxylic acids is 2. The van der Waals surface area contributed by atoms with E-state index in [1.54, 1.807) is 30.5 Å². The lowest BCUT2D eigenvalue weighted by Gasteiger charge is -2.08. The zero-order valence-electron chi connectivity index (χ0n) is 15.7. The SMILES string of the molecule is Cn1c(-c2ccccc2)c(C=NN2C(=O)c3ccccc3C2=O)c2ccccc21. The van der Waals surface area contributed by atoms with Crippen molar-refractivity contribution in [2.24, 2.45) is 12.1 Å². The molecule has 5 nitrogen and oxygen atoms in total. The minimum atomic E-state index is -0.400. The third kappa shape index (κ3) is 2.59. The van der Waals surface area contributed by atoms with Crippen molar-refractivity contribution in [1.29, 1.82) is 0 Å². The van der Waals surface area contributed by atoms with Gasteiger partial charge in [0.1, 0.15) is 0 Å². The highest BCUT2D eigenvalue weighted by Crippen LogP contribution is 2.32. The Balaban J connectivity index is 1.65. The van der Waals surface area contributed by atoms with Gasteiger partial charge in [-0.1, -0.05) is 60.7 Å². The van der Waals surface area contributed by atoms with E-state index < -0.39 is 11.8 Å². The number of para-hydroxylation sites is 1. The van der Waals surface area contributed by atoms with E-state index in [1.165, 1.54) is 0 Å². The van der Waals surface area contributed by atoms with E-state index in [-0.39, 0.29) is 0 Å². The van der Waals surface area contributed by atoms with Crippen molar-refractivity contribution < 1.29 is 9.59 Å². The molecule has 4 aromatic rings. The zero-order valence-corrected chi connectivity index (χ0v) is 15.7. The van der Waals surface area contributed by atoms with E-state index in [0.717, 1.165) is 32.7 Å². The van der Waals surface area contributed by atoms with Crippen LogP contribution < -0.4 is 0 Å². The van der Waals surface area contributed by atoms with E-state index in [1.807, 2.05) is 61.6 Å². The van der Waals surface area contributed by atoms with Crippen molar-refractivity contribution >= 4 is 28.9 Å². The number of nitrogens with zero attached hydrogens (tertiary/aromatic N) is 3. The molecule has 0 bridgehead atoms. The second-order valence-corrected chi connectivity index (χ2v) is 6.92. The Morgan fingerprint density at radius 1 is 0.759 bits per heavy atom. The highest BCUT2D eigenvalue weighted by Gasteiger charge is 2.35. The Morgan fingerprint density at radius 3 is 2.03 bits per heavy atom. The maximum atomic E-state index is 12.6. The monoisotopic (exact) mass is 379 g/mol. The van der Waals surface area contributed by atoms with Gasteiger partial charge in [0.25, 0.3) is 11.8 Å². The molecule has 0 fully saturated rings. The van der Waals surface area contributed by atoms with Gasteiger partial charge in [0.15, 0.2) is 0 Å². The fourth-order valence-corrected chi connectivity index (χ4v) is 3.90. The number of hydrogen-bond donors (Lipinski definition) is 0. The molecule has 1 aliphatic heterocycles. The fourth-order valence-electron chi connectivity index (χ4n) is 3.90. The van der Waals surface area contributed by atoms with E-state index in [2.05, 4.69) is 9.67 Å². The van der Waals surface area contributed by atoms with Crippen LogP contribution in [0.2, 0.25) is 0 Å². The van der Waals surface area contributed by atoms with Crippen LogP contribution in [-0.4, -0.2) is 27.6 Å². The van der Waals surface area contributed by atoms with Crippen molar-refractivity contribution in [1.82, 2.24) is 9.58 Å². The van der Waals surface area contributed by atoms with Crippen LogP contribution in [0.3, 0.4) is 0 Å². The summed E-state index contributed by atoms with van der Waals surface area (Å²) in [5, 5.41) is 6.27. The Hall–Kier alpha value is -3.99. The van der Waals surface area contributed by atoms with Gasteiger partial charge < -0.3 is 4.57 Å². The molecule has 2 heterocycles. The van der Waals surface area contributed by atoms with Crippen molar-refractivity contribution in [3.8, 4) is 11.3 Å². The number of hydrogen-bond acceptors (Lipinski definition) is 3. The largest absolute Gasteiger partial charge is 0.343 e. The summed E-state index contributed by atoms with van der Waals surface area (Å²) in [6.45, 7) is 0. The second kappa shape index (κ2) is 6.56. The van der Waals surface area contributed by atoms with Gasteiger partial charge in [-0.05, 0) is 23.8 Å². The molecule has 0 aliphatic carbocycles. The molecule has 2 amide bonds. The van der Waals surface area contributed by atoms with Gasteiger partial charge in [0, 0.05) is 23.5 Å². The van der Waals surface area contributed by atoms with Gasteiger partial charge >= 0.3 is 0 Å². The standard InChI is InChI=1S/C24H17N3O2/c1-26-21-14-8-7-11-17(21)20(22(26)16-9-3-2-4-10-16)15-25-27-23(28)18-12-5-6-13-19(18)24(27)29/h2-15H,1H3. The van der Waals surface area contributed by atoms with Crippen LogP contribution in [0.15, 0.2) is 84.0 Å². The molecule has 5 heteroatoms. The predicted octanol–water partition coefficient (Wildman–Crippen LogP) is 4.48. The summed E-state index contributed by atoms with van der Waals surface area (Å²) in [5.41, 5.74) is 4.70. The summed E-state index contributed by atoms with van der Waals surface area (Å²) >= 11 is 0. The Morgan fingerprint density at radius 2 is 1.34 bits per heavy atom. The molecule has 29 heavy (non-hydrogen) atoms. The lowest BCUT2D eigenvalue weighted by Crippen LogP contribution is -2.24. The zero-order chi connectivity index (χ0) is 20.0. The average Bonchev–Trinajstić information content (AvgIpc) is 3.19. The molecule has 0 saturated carbocycles. The molecule has 0 radical (unpaired) electrons. The first kappa shape index (κ1) is 17.1. The van der Waals surface area contributed by atoms with Crippen LogP contribution in [0.1, 0.15) is 26.3 Å². The second-order valence-electron chi connectivity index (χ2n) is 6.92. The first-order valence-electron chi connectivity index (χ1n) is 9.31. The van der Waals surface area contributed by atoms with Crippen molar-refractivity contribution in [2.45, 2.75) is 0 Å². The van der Waals surface area contributed by atoms with Crippen LogP contribution in [0.4, 0.5) is 0 Å². The summed E-state index contributed by atoms with van der Waals surface area (Å²) in [5.74, 6) is -0.799. The van der Waals surface area contributed by atoms with Gasteiger partial charge in [-0.15, -0.1) is 0 Å². The summed E-state index contributed by atoms with van der Waals surface area (Å²) in [6, 6.07) is 24.8. The van der Waals surface area contributed by atoms with Gasteiger partial charge in [0.2, 0.25) is 0 Å². The van der Waals surface area contributed by atoms with Crippen molar-refractivity contribution in [2.75, 3.05) is 0 Å². The first-order chi connectivity index (χ1) is 14.2. The van der Waals surface area contributed by atoms with Gasteiger partial charge in [-0.2, -0.15) is 10.1 Å². The number of imide groups is 1. The lowest BCUT2D eigenvalue weighted by atomic mass is 10.1. The molecular formula is C24H17N3O2. The summed E-state index contributed by atoms with van der Waals surface area (Å²) in [4.78, 5) is 25.3. The summed E-state index contributed by atoms with van der Waals surface area (Å²) in [7, 11) is 2.00. The van der Waals surface area contributed by atoms with Crippen molar-refractivity contribution in [3.63, 3.8) is 0 Å². The van der Waals surface area contributed by atoms with Crippen LogP contribution >= 0.6 is 0 Å². The number of carbonyl (C=O) groups is 2. The molecule has 0 saturated heterocycles. The van der Waals surface area contributed by atoms with Crippen LogP contribution in [0.25, 0.3) is 22.2 Å². The summed E-state index contributed by atoms with van der Waals surface area (Å²) < 4.78 is 2.11. The number of amides is 2. The maximum Gasteiger partial charge on any atom is 0.282 e. The number of benzene rings is 3. The first-order valence-corrected chi connectivity index (χ1v) is 9.31. The van der Waals surface area contributed by atoms with Gasteiger partial charge in [-0.3, -0.25) is 9.59 Å². The number of fused-ring (bicyclic) bond motifs is 2. The highest BCUT2D eigenvalue weighted by molar-refractivity contribution is 6.21. The lowest BCUT2D eigenvalue weighted by molar-refractivity contribution is 0.0660. The number of aromatic nitrogens is 1. The molecular weight excluding hydrogens is 362 g/mol. The maximum absolute atomic E-state index is 12.6. The minimum Gasteiger partial charge on any atom is -0.343 e. The summed E-state index contributed by atoms with van der Waals surface area (Å²) in [6.07, 6.45) is 1.62. The fraction of sp³-hybridized carbons (Fsp3) is 0.0417. The van der Waals surface area contributed by atoms with Gasteiger partial charge in [0.05, 0.1) is 23.0 Å². The normalized spacial score (nSPS) is 13.6. The quantitative estimate of drug-likeness (QED) is 0.389. The third-order valence-electron chi connectivity index (χ3n) is 5.27. The molecule has 0 spiro atoms. The minimum absolute atomic E-state index is 0.385. The van der Waals surface area contributed by atoms with Crippen LogP contribution in [-0.2, 0) is 7.05 Å². The smallest absolute Gasteiger partial charge is 0.282 e. The van der Waals surface area contributed by atoms with E-state index in [0.29, 0.717) is 11.1 Å². The molecule has 3 aromatic carbocycles. The molecule has 0 unspecified atom stereocenters. The topological polar surface area (TPSA) is 54.7 Å². The molecule has 0 N–H and O–H groups in total. The van der Waals surface area contributed by atoms with Crippen molar-refractivity contribution in [3.05, 3.63) is 95.6 Å². The number of hydrazone groups is 1.